The zero-order chi connectivity index (χ0) is 25.7. The van der Waals surface area contributed by atoms with E-state index >= 15 is 0 Å². The van der Waals surface area contributed by atoms with Crippen LogP contribution in [0.25, 0.3) is 0 Å². The van der Waals surface area contributed by atoms with Crippen molar-refractivity contribution in [2.45, 2.75) is 25.1 Å². The minimum Gasteiger partial charge on any atom is -0.378 e. The van der Waals surface area contributed by atoms with Gasteiger partial charge >= 0.3 is 6.18 Å². The third-order valence-electron chi connectivity index (χ3n) is 6.67. The van der Waals surface area contributed by atoms with Crippen molar-refractivity contribution in [2.75, 3.05) is 39.4 Å². The summed E-state index contributed by atoms with van der Waals surface area (Å²) in [6, 6.07) is 12.1. The normalized spacial score (nSPS) is 18.0. The molecule has 1 N–H and O–H groups in total. The highest BCUT2D eigenvalue weighted by molar-refractivity contribution is 5.97. The lowest BCUT2D eigenvalue weighted by molar-refractivity contribution is -0.139. The minimum atomic E-state index is -4.47. The lowest BCUT2D eigenvalue weighted by Gasteiger charge is -2.38. The molecular weight excluding hydrogens is 475 g/mol. The largest absolute Gasteiger partial charge is 0.416 e. The Morgan fingerprint density at radius 1 is 0.833 bits per heavy atom. The van der Waals surface area contributed by atoms with E-state index in [1.165, 1.54) is 12.1 Å². The maximum absolute atomic E-state index is 13.4. The Morgan fingerprint density at radius 3 is 2.03 bits per heavy atom. The Balaban J connectivity index is 1.43. The maximum Gasteiger partial charge on any atom is 0.416 e. The Morgan fingerprint density at radius 2 is 1.44 bits per heavy atom. The van der Waals surface area contributed by atoms with Gasteiger partial charge in [0.05, 0.1) is 18.8 Å². The van der Waals surface area contributed by atoms with Gasteiger partial charge in [0.2, 0.25) is 5.91 Å². The van der Waals surface area contributed by atoms with Crippen LogP contribution in [0.4, 0.5) is 13.2 Å². The number of rotatable bonds is 5. The highest BCUT2D eigenvalue weighted by atomic mass is 19.4. The predicted molar refractivity (Wildman–Crippen MR) is 125 cm³/mol. The molecule has 0 aliphatic carbocycles. The second-order valence-corrected chi connectivity index (χ2v) is 8.96. The number of amides is 3. The van der Waals surface area contributed by atoms with Gasteiger partial charge in [-0.15, -0.1) is 0 Å². The van der Waals surface area contributed by atoms with E-state index in [0.29, 0.717) is 57.8 Å². The fraction of sp³-hybridized carbons (Fsp3) is 0.423. The zero-order valence-electron chi connectivity index (χ0n) is 19.7. The first-order chi connectivity index (χ1) is 17.2. The third-order valence-corrected chi connectivity index (χ3v) is 6.67. The molecule has 0 saturated carbocycles. The second-order valence-electron chi connectivity index (χ2n) is 8.96. The number of hydrogen-bond acceptors (Lipinski definition) is 4. The number of halogens is 3. The van der Waals surface area contributed by atoms with E-state index in [9.17, 15) is 27.6 Å². The summed E-state index contributed by atoms with van der Waals surface area (Å²) in [5, 5.41) is 2.92. The first-order valence-electron chi connectivity index (χ1n) is 11.9. The molecule has 10 heteroatoms. The molecule has 2 fully saturated rings. The van der Waals surface area contributed by atoms with Crippen LogP contribution in [-0.4, -0.2) is 73.0 Å². The smallest absolute Gasteiger partial charge is 0.378 e. The molecule has 192 valence electrons. The van der Waals surface area contributed by atoms with Crippen molar-refractivity contribution in [1.29, 1.82) is 0 Å². The van der Waals surface area contributed by atoms with Gasteiger partial charge in [-0.25, -0.2) is 0 Å². The molecule has 2 aliphatic heterocycles. The van der Waals surface area contributed by atoms with Gasteiger partial charge in [0, 0.05) is 37.3 Å². The molecule has 0 aromatic heterocycles. The highest BCUT2D eigenvalue weighted by Gasteiger charge is 2.37. The first-order valence-corrected chi connectivity index (χ1v) is 11.9. The molecule has 1 unspecified atom stereocenters. The van der Waals surface area contributed by atoms with E-state index in [2.05, 4.69) is 5.32 Å². The summed E-state index contributed by atoms with van der Waals surface area (Å²) >= 11 is 0. The third kappa shape index (κ3) is 6.04. The number of benzene rings is 2. The van der Waals surface area contributed by atoms with Gasteiger partial charge in [-0.05, 0) is 55.2 Å². The van der Waals surface area contributed by atoms with Crippen molar-refractivity contribution >= 4 is 17.7 Å². The number of carbonyl (C=O) groups excluding carboxylic acids is 3. The van der Waals surface area contributed by atoms with Crippen molar-refractivity contribution in [1.82, 2.24) is 15.1 Å². The molecule has 1 atom stereocenters. The fourth-order valence-corrected chi connectivity index (χ4v) is 4.60. The van der Waals surface area contributed by atoms with Crippen LogP contribution in [0, 0.1) is 5.92 Å². The molecule has 0 spiro atoms. The molecule has 2 aromatic carbocycles. The molecule has 2 heterocycles. The van der Waals surface area contributed by atoms with E-state index in [-0.39, 0.29) is 29.2 Å². The predicted octanol–water partition coefficient (Wildman–Crippen LogP) is 3.22. The summed E-state index contributed by atoms with van der Waals surface area (Å²) in [4.78, 5) is 42.4. The lowest BCUT2D eigenvalue weighted by atomic mass is 9.87. The SMILES string of the molecule is O=C(NC(C(=O)N1CCOCC1)C1CCN(C(=O)c2ccc(C(F)(F)F)cc2)CC1)c1ccccc1. The van der Waals surface area contributed by atoms with Crippen LogP contribution in [0.5, 0.6) is 0 Å². The summed E-state index contributed by atoms with van der Waals surface area (Å²) in [7, 11) is 0. The van der Waals surface area contributed by atoms with E-state index in [1.807, 2.05) is 0 Å². The van der Waals surface area contributed by atoms with Gasteiger partial charge in [-0.3, -0.25) is 14.4 Å². The summed E-state index contributed by atoms with van der Waals surface area (Å²) in [5.41, 5.74) is -0.177. The van der Waals surface area contributed by atoms with Gasteiger partial charge in [-0.1, -0.05) is 18.2 Å². The van der Waals surface area contributed by atoms with Crippen molar-refractivity contribution in [3.05, 3.63) is 71.3 Å². The Kier molecular flexibility index (Phi) is 7.93. The summed E-state index contributed by atoms with van der Waals surface area (Å²) in [5.74, 6) is -1.06. The van der Waals surface area contributed by atoms with Crippen molar-refractivity contribution in [3.8, 4) is 0 Å². The summed E-state index contributed by atoms with van der Waals surface area (Å²) in [6.45, 7) is 2.43. The molecule has 36 heavy (non-hydrogen) atoms. The Hall–Kier alpha value is -3.40. The fourth-order valence-electron chi connectivity index (χ4n) is 4.60. The Bertz CT molecular complexity index is 1060. The standard InChI is InChI=1S/C26H28F3N3O4/c27-26(28,29)21-8-6-20(7-9-21)24(34)31-12-10-18(11-13-31)22(25(35)32-14-16-36-17-15-32)30-23(33)19-4-2-1-3-5-19/h1-9,18,22H,10-17H2,(H,30,33). The number of hydrogen-bond donors (Lipinski definition) is 1. The number of carbonyl (C=O) groups is 3. The summed E-state index contributed by atoms with van der Waals surface area (Å²) in [6.07, 6.45) is -3.52. The monoisotopic (exact) mass is 503 g/mol. The second kappa shape index (κ2) is 11.1. The molecule has 2 aromatic rings. The van der Waals surface area contributed by atoms with E-state index in [4.69, 9.17) is 4.74 Å². The van der Waals surface area contributed by atoms with Gasteiger partial charge in [-0.2, -0.15) is 13.2 Å². The van der Waals surface area contributed by atoms with Crippen molar-refractivity contribution < 1.29 is 32.3 Å². The topological polar surface area (TPSA) is 79.0 Å². The van der Waals surface area contributed by atoms with Gasteiger partial charge in [0.15, 0.2) is 0 Å². The van der Waals surface area contributed by atoms with Crippen LogP contribution in [0.2, 0.25) is 0 Å². The van der Waals surface area contributed by atoms with Crippen LogP contribution in [-0.2, 0) is 15.7 Å². The van der Waals surface area contributed by atoms with E-state index in [0.717, 1.165) is 12.1 Å². The number of ether oxygens (including phenoxy) is 1. The molecule has 3 amide bonds. The molecule has 0 radical (unpaired) electrons. The van der Waals surface area contributed by atoms with Crippen LogP contribution >= 0.6 is 0 Å². The van der Waals surface area contributed by atoms with Crippen molar-refractivity contribution in [3.63, 3.8) is 0 Å². The first kappa shape index (κ1) is 25.7. The highest BCUT2D eigenvalue weighted by Crippen LogP contribution is 2.30. The maximum atomic E-state index is 13.4. The molecule has 0 bridgehead atoms. The molecule has 4 rings (SSSR count). The van der Waals surface area contributed by atoms with Crippen LogP contribution < -0.4 is 5.32 Å². The summed E-state index contributed by atoms with van der Waals surface area (Å²) < 4.78 is 43.8. The van der Waals surface area contributed by atoms with Crippen LogP contribution in [0.1, 0.15) is 39.1 Å². The number of alkyl halides is 3. The number of likely N-dealkylation sites (tertiary alicyclic amines) is 1. The Labute approximate surface area is 207 Å². The average Bonchev–Trinajstić information content (AvgIpc) is 2.91. The molecular formula is C26H28F3N3O4. The lowest BCUT2D eigenvalue weighted by Crippen LogP contribution is -2.56. The molecule has 2 saturated heterocycles. The minimum absolute atomic E-state index is 0.171. The van der Waals surface area contributed by atoms with Gasteiger partial charge < -0.3 is 19.9 Å². The van der Waals surface area contributed by atoms with Gasteiger partial charge in [0.1, 0.15) is 6.04 Å². The van der Waals surface area contributed by atoms with Crippen LogP contribution in [0.15, 0.2) is 54.6 Å². The zero-order valence-corrected chi connectivity index (χ0v) is 19.7. The van der Waals surface area contributed by atoms with Crippen molar-refractivity contribution in [2.24, 2.45) is 5.92 Å². The quantitative estimate of drug-likeness (QED) is 0.680. The van der Waals surface area contributed by atoms with Gasteiger partial charge in [0.25, 0.3) is 11.8 Å². The van der Waals surface area contributed by atoms with Crippen LogP contribution in [0.3, 0.4) is 0 Å². The number of morpholine rings is 1. The average molecular weight is 504 g/mol. The number of piperidine rings is 1. The van der Waals surface area contributed by atoms with E-state index in [1.54, 1.807) is 40.1 Å². The number of nitrogens with zero attached hydrogens (tertiary/aromatic N) is 2. The van der Waals surface area contributed by atoms with E-state index < -0.39 is 17.8 Å². The molecule has 7 nitrogen and oxygen atoms in total. The molecule has 2 aliphatic rings. The number of nitrogens with one attached hydrogen (secondary N) is 1.